The van der Waals surface area contributed by atoms with Crippen LogP contribution < -0.4 is 10.6 Å². The summed E-state index contributed by atoms with van der Waals surface area (Å²) in [6.07, 6.45) is 9.74. The van der Waals surface area contributed by atoms with Gasteiger partial charge in [0.2, 0.25) is 11.8 Å². The molecule has 1 aliphatic rings. The van der Waals surface area contributed by atoms with Crippen LogP contribution >= 0.6 is 34.9 Å². The molecule has 0 aliphatic heterocycles. The highest BCUT2D eigenvalue weighted by Gasteiger charge is 2.24. The number of amides is 1. The van der Waals surface area contributed by atoms with E-state index in [4.69, 9.17) is 4.42 Å². The van der Waals surface area contributed by atoms with Crippen LogP contribution in [0, 0.1) is 0 Å². The molecule has 4 rings (SSSR count). The van der Waals surface area contributed by atoms with Crippen LogP contribution in [0.3, 0.4) is 0 Å². The monoisotopic (exact) mass is 528 g/mol. The van der Waals surface area contributed by atoms with Gasteiger partial charge in [-0.2, -0.15) is 0 Å². The molecule has 1 amide bonds. The van der Waals surface area contributed by atoms with Gasteiger partial charge in [-0.1, -0.05) is 45.1 Å². The fourth-order valence-electron chi connectivity index (χ4n) is 3.81. The molecule has 2 heterocycles. The van der Waals surface area contributed by atoms with Crippen LogP contribution in [0.15, 0.2) is 62.8 Å². The summed E-state index contributed by atoms with van der Waals surface area (Å²) in [5, 5.41) is 7.99. The molecule has 1 unspecified atom stereocenters. The number of benzene rings is 1. The fourth-order valence-corrected chi connectivity index (χ4v) is 6.90. The van der Waals surface area contributed by atoms with Gasteiger partial charge in [0.1, 0.15) is 5.76 Å². The number of nitrogens with one attached hydrogen (secondary N) is 2. The third-order valence-electron chi connectivity index (χ3n) is 5.68. The van der Waals surface area contributed by atoms with E-state index >= 15 is 0 Å². The standard InChI is InChI=1S/C26H32N4O2S3/c1-5-22(31)29-17-9-11-19(12-10-17)34-20-8-6-7-18(13-20)30-25-28-15-24(35-25)33-16-23-27-14-21(32-23)26(2,3)4/h5,9-12,14-15,18,20H,1,6-8,13,16H2,2-4H3,(H,28,30)(H,29,31)/t18-,20?/m1/s1. The van der Waals surface area contributed by atoms with E-state index in [1.54, 1.807) is 23.1 Å². The Kier molecular flexibility index (Phi) is 8.62. The molecule has 6 nitrogen and oxygen atoms in total. The van der Waals surface area contributed by atoms with Crippen molar-refractivity contribution in [3.63, 3.8) is 0 Å². The van der Waals surface area contributed by atoms with Gasteiger partial charge in [0.05, 0.1) is 22.4 Å². The average Bonchev–Trinajstić information content (AvgIpc) is 3.49. The number of carbonyl (C=O) groups is 1. The van der Waals surface area contributed by atoms with Crippen molar-refractivity contribution < 1.29 is 9.21 Å². The molecule has 2 atom stereocenters. The lowest BCUT2D eigenvalue weighted by Crippen LogP contribution is -2.28. The van der Waals surface area contributed by atoms with Gasteiger partial charge in [-0.05, 0) is 49.6 Å². The predicted octanol–water partition coefficient (Wildman–Crippen LogP) is 7.36. The summed E-state index contributed by atoms with van der Waals surface area (Å²) in [6, 6.07) is 8.46. The highest BCUT2D eigenvalue weighted by atomic mass is 32.2. The predicted molar refractivity (Wildman–Crippen MR) is 148 cm³/mol. The van der Waals surface area contributed by atoms with Gasteiger partial charge in [-0.25, -0.2) is 9.97 Å². The molecule has 2 N–H and O–H groups in total. The molecule has 186 valence electrons. The first-order valence-corrected chi connectivity index (χ1v) is 14.5. The molecule has 0 saturated heterocycles. The molecular formula is C26H32N4O2S3. The third-order valence-corrected chi connectivity index (χ3v) is 9.09. The maximum absolute atomic E-state index is 11.5. The quantitative estimate of drug-likeness (QED) is 0.222. The first-order chi connectivity index (χ1) is 16.8. The molecule has 2 aromatic heterocycles. The number of rotatable bonds is 9. The summed E-state index contributed by atoms with van der Waals surface area (Å²) in [6.45, 7) is 9.87. The Morgan fingerprint density at radius 3 is 2.74 bits per heavy atom. The molecule has 0 spiro atoms. The van der Waals surface area contributed by atoms with E-state index < -0.39 is 0 Å². The lowest BCUT2D eigenvalue weighted by Gasteiger charge is -2.29. The number of nitrogens with zero attached hydrogens (tertiary/aromatic N) is 2. The Bertz CT molecular complexity index is 1130. The van der Waals surface area contributed by atoms with Gasteiger partial charge in [0.25, 0.3) is 0 Å². The van der Waals surface area contributed by atoms with Crippen LogP contribution in [-0.2, 0) is 16.0 Å². The van der Waals surface area contributed by atoms with Gasteiger partial charge in [0, 0.05) is 27.3 Å². The minimum absolute atomic E-state index is 0.0276. The van der Waals surface area contributed by atoms with E-state index in [0.717, 1.165) is 39.5 Å². The molecule has 1 saturated carbocycles. The number of hydrogen-bond acceptors (Lipinski definition) is 8. The minimum atomic E-state index is -0.192. The van der Waals surface area contributed by atoms with Crippen LogP contribution in [-0.4, -0.2) is 27.2 Å². The zero-order valence-electron chi connectivity index (χ0n) is 20.4. The van der Waals surface area contributed by atoms with E-state index in [0.29, 0.717) is 17.0 Å². The highest BCUT2D eigenvalue weighted by Crippen LogP contribution is 2.37. The zero-order chi connectivity index (χ0) is 24.8. The van der Waals surface area contributed by atoms with Crippen molar-refractivity contribution in [2.75, 3.05) is 10.6 Å². The van der Waals surface area contributed by atoms with Crippen LogP contribution in [0.2, 0.25) is 0 Å². The number of thioether (sulfide) groups is 2. The van der Waals surface area contributed by atoms with Crippen molar-refractivity contribution in [3.05, 3.63) is 61.0 Å². The molecule has 1 aliphatic carbocycles. The average molecular weight is 529 g/mol. The Labute approximate surface area is 219 Å². The largest absolute Gasteiger partial charge is 0.444 e. The van der Waals surface area contributed by atoms with Crippen LogP contribution in [0.5, 0.6) is 0 Å². The molecule has 1 fully saturated rings. The van der Waals surface area contributed by atoms with Gasteiger partial charge in [0.15, 0.2) is 5.13 Å². The fraction of sp³-hybridized carbons (Fsp3) is 0.423. The SMILES string of the molecule is C=CC(=O)Nc1ccc(SC2CCC[C@@H](Nc3ncc(SCc4ncc(C(C)(C)C)o4)s3)C2)cc1. The summed E-state index contributed by atoms with van der Waals surface area (Å²) in [7, 11) is 0. The second-order valence-electron chi connectivity index (χ2n) is 9.61. The first-order valence-electron chi connectivity index (χ1n) is 11.8. The summed E-state index contributed by atoms with van der Waals surface area (Å²) in [5.74, 6) is 2.18. The van der Waals surface area contributed by atoms with Crippen molar-refractivity contribution in [2.24, 2.45) is 0 Å². The normalized spacial score (nSPS) is 18.3. The van der Waals surface area contributed by atoms with Crippen LogP contribution in [0.1, 0.15) is 58.1 Å². The van der Waals surface area contributed by atoms with E-state index in [-0.39, 0.29) is 11.3 Å². The number of carbonyl (C=O) groups excluding carboxylic acids is 1. The van der Waals surface area contributed by atoms with Crippen LogP contribution in [0.25, 0.3) is 0 Å². The molecule has 0 bridgehead atoms. The zero-order valence-corrected chi connectivity index (χ0v) is 22.8. The van der Waals surface area contributed by atoms with Gasteiger partial charge in [-0.15, -0.1) is 23.5 Å². The molecule has 9 heteroatoms. The maximum atomic E-state index is 11.5. The number of aromatic nitrogens is 2. The summed E-state index contributed by atoms with van der Waals surface area (Å²) >= 11 is 5.32. The summed E-state index contributed by atoms with van der Waals surface area (Å²) < 4.78 is 7.06. The summed E-state index contributed by atoms with van der Waals surface area (Å²) in [4.78, 5) is 21.7. The van der Waals surface area contributed by atoms with E-state index in [2.05, 4.69) is 60.1 Å². The lowest BCUT2D eigenvalue weighted by molar-refractivity contribution is -0.111. The Morgan fingerprint density at radius 1 is 1.23 bits per heavy atom. The maximum Gasteiger partial charge on any atom is 0.247 e. The molecular weight excluding hydrogens is 497 g/mol. The van der Waals surface area contributed by atoms with Gasteiger partial charge in [-0.3, -0.25) is 4.79 Å². The molecule has 0 radical (unpaired) electrons. The smallest absolute Gasteiger partial charge is 0.247 e. The number of thiazole rings is 1. The Morgan fingerprint density at radius 2 is 2.03 bits per heavy atom. The van der Waals surface area contributed by atoms with Crippen LogP contribution in [0.4, 0.5) is 10.8 Å². The molecule has 3 aromatic rings. The second kappa shape index (κ2) is 11.7. The summed E-state index contributed by atoms with van der Waals surface area (Å²) in [5.41, 5.74) is 0.762. The number of anilines is 2. The second-order valence-corrected chi connectivity index (χ2v) is 13.3. The minimum Gasteiger partial charge on any atom is -0.444 e. The topological polar surface area (TPSA) is 80.0 Å². The van der Waals surface area contributed by atoms with E-state index in [9.17, 15) is 4.79 Å². The third kappa shape index (κ3) is 7.62. The first kappa shape index (κ1) is 25.9. The van der Waals surface area contributed by atoms with Gasteiger partial charge < -0.3 is 15.1 Å². The van der Waals surface area contributed by atoms with Crippen molar-refractivity contribution >= 4 is 51.6 Å². The molecule has 35 heavy (non-hydrogen) atoms. The van der Waals surface area contributed by atoms with E-state index in [1.807, 2.05) is 36.3 Å². The Balaban J connectivity index is 1.25. The lowest BCUT2D eigenvalue weighted by atomic mass is 9.94. The molecule has 1 aromatic carbocycles. The van der Waals surface area contributed by atoms with Crippen molar-refractivity contribution in [2.45, 2.75) is 78.0 Å². The Hall–Kier alpha value is -2.23. The van der Waals surface area contributed by atoms with Crippen molar-refractivity contribution in [1.82, 2.24) is 9.97 Å². The van der Waals surface area contributed by atoms with Crippen molar-refractivity contribution in [1.29, 1.82) is 0 Å². The number of oxazole rings is 1. The van der Waals surface area contributed by atoms with Gasteiger partial charge >= 0.3 is 0 Å². The highest BCUT2D eigenvalue weighted by molar-refractivity contribution is 8.00. The van der Waals surface area contributed by atoms with Crippen molar-refractivity contribution in [3.8, 4) is 0 Å². The number of hydrogen-bond donors (Lipinski definition) is 2. The van der Waals surface area contributed by atoms with E-state index in [1.165, 1.54) is 23.8 Å².